The highest BCUT2D eigenvalue weighted by molar-refractivity contribution is 7.15. The van der Waals surface area contributed by atoms with Crippen LogP contribution in [0.15, 0.2) is 18.2 Å². The number of benzene rings is 1. The first-order chi connectivity index (χ1) is 15.5. The lowest BCUT2D eigenvalue weighted by Crippen LogP contribution is -2.34. The molecule has 0 unspecified atom stereocenters. The highest BCUT2D eigenvalue weighted by Crippen LogP contribution is 2.38. The molecule has 1 saturated carbocycles. The van der Waals surface area contributed by atoms with E-state index in [9.17, 15) is 9.59 Å². The van der Waals surface area contributed by atoms with Crippen LogP contribution in [0.25, 0.3) is 6.08 Å². The molecule has 2 amide bonds. The van der Waals surface area contributed by atoms with Gasteiger partial charge in [-0.05, 0) is 36.6 Å². The highest BCUT2D eigenvalue weighted by atomic mass is 32.1. The summed E-state index contributed by atoms with van der Waals surface area (Å²) >= 11 is 1.46. The van der Waals surface area contributed by atoms with E-state index in [0.29, 0.717) is 41.9 Å². The van der Waals surface area contributed by atoms with Crippen LogP contribution in [-0.4, -0.2) is 49.6 Å². The first-order valence-corrected chi connectivity index (χ1v) is 11.4. The Morgan fingerprint density at radius 1 is 1.16 bits per heavy atom. The van der Waals surface area contributed by atoms with Crippen molar-refractivity contribution in [1.29, 1.82) is 0 Å². The van der Waals surface area contributed by atoms with Crippen LogP contribution in [0.3, 0.4) is 0 Å². The van der Waals surface area contributed by atoms with E-state index in [1.165, 1.54) is 11.3 Å². The molecule has 1 aliphatic carbocycles. The van der Waals surface area contributed by atoms with Gasteiger partial charge >= 0.3 is 0 Å². The fourth-order valence-corrected chi connectivity index (χ4v) is 4.81. The monoisotopic (exact) mass is 457 g/mol. The number of nitrogens with zero attached hydrogens (tertiary/aromatic N) is 2. The molecule has 4 rings (SSSR count). The summed E-state index contributed by atoms with van der Waals surface area (Å²) in [5.74, 6) is 1.66. The Morgan fingerprint density at radius 2 is 1.88 bits per heavy atom. The van der Waals surface area contributed by atoms with E-state index in [2.05, 4.69) is 10.3 Å². The van der Waals surface area contributed by atoms with Crippen LogP contribution in [0.2, 0.25) is 0 Å². The molecular formula is C23H27N3O5S. The molecule has 32 heavy (non-hydrogen) atoms. The maximum absolute atomic E-state index is 12.8. The number of anilines is 1. The molecule has 1 aliphatic heterocycles. The smallest absolute Gasteiger partial charge is 0.246 e. The van der Waals surface area contributed by atoms with Crippen LogP contribution in [0.4, 0.5) is 5.13 Å². The number of fused-ring (bicyclic) bond motifs is 1. The lowest BCUT2D eigenvalue weighted by atomic mass is 9.85. The second kappa shape index (κ2) is 9.60. The van der Waals surface area contributed by atoms with E-state index in [-0.39, 0.29) is 17.7 Å². The number of amides is 2. The predicted octanol–water partition coefficient (Wildman–Crippen LogP) is 3.51. The van der Waals surface area contributed by atoms with Crippen molar-refractivity contribution in [3.05, 3.63) is 34.3 Å². The molecule has 2 aliphatic rings. The van der Waals surface area contributed by atoms with Gasteiger partial charge in [0.15, 0.2) is 16.6 Å². The molecule has 0 radical (unpaired) electrons. The first kappa shape index (κ1) is 22.1. The molecule has 8 nitrogen and oxygen atoms in total. The number of nitrogens with one attached hydrogen (secondary N) is 1. The Bertz CT molecular complexity index is 1020. The summed E-state index contributed by atoms with van der Waals surface area (Å²) < 4.78 is 16.1. The normalized spacial score (nSPS) is 15.8. The average molecular weight is 458 g/mol. The van der Waals surface area contributed by atoms with Crippen molar-refractivity contribution in [1.82, 2.24) is 9.88 Å². The van der Waals surface area contributed by atoms with Gasteiger partial charge in [0.2, 0.25) is 17.6 Å². The molecule has 2 heterocycles. The zero-order valence-corrected chi connectivity index (χ0v) is 19.3. The molecule has 9 heteroatoms. The number of rotatable bonds is 7. The van der Waals surface area contributed by atoms with Gasteiger partial charge in [-0.25, -0.2) is 4.98 Å². The van der Waals surface area contributed by atoms with Crippen LogP contribution in [0.5, 0.6) is 17.2 Å². The average Bonchev–Trinajstić information content (AvgIpc) is 3.16. The summed E-state index contributed by atoms with van der Waals surface area (Å²) in [6.45, 7) is 1.08. The van der Waals surface area contributed by atoms with Crippen molar-refractivity contribution in [3.8, 4) is 17.2 Å². The zero-order chi connectivity index (χ0) is 22.7. The van der Waals surface area contributed by atoms with Crippen LogP contribution in [-0.2, 0) is 22.6 Å². The molecule has 0 atom stereocenters. The SMILES string of the molecule is COc1cc(/C=C/C(=O)N2CCc3nc(NC(=O)C4CCC4)sc3C2)cc(OC)c1OC. The zero-order valence-electron chi connectivity index (χ0n) is 18.5. The maximum Gasteiger partial charge on any atom is 0.246 e. The number of carbonyl (C=O) groups excluding carboxylic acids is 2. The van der Waals surface area contributed by atoms with Crippen LogP contribution in [0.1, 0.15) is 35.4 Å². The van der Waals surface area contributed by atoms with Crippen LogP contribution >= 0.6 is 11.3 Å². The minimum absolute atomic E-state index is 0.0589. The van der Waals surface area contributed by atoms with Crippen molar-refractivity contribution < 1.29 is 23.8 Å². The van der Waals surface area contributed by atoms with Gasteiger partial charge in [-0.3, -0.25) is 9.59 Å². The molecule has 0 saturated heterocycles. The number of methoxy groups -OCH3 is 3. The summed E-state index contributed by atoms with van der Waals surface area (Å²) in [5, 5.41) is 3.57. The summed E-state index contributed by atoms with van der Waals surface area (Å²) in [5.41, 5.74) is 1.74. The van der Waals surface area contributed by atoms with Gasteiger partial charge < -0.3 is 24.4 Å². The van der Waals surface area contributed by atoms with Crippen molar-refractivity contribution >= 4 is 34.4 Å². The Labute approximate surface area is 191 Å². The second-order valence-electron chi connectivity index (χ2n) is 7.81. The fourth-order valence-electron chi connectivity index (χ4n) is 3.79. The lowest BCUT2D eigenvalue weighted by molar-refractivity contribution is -0.126. The topological polar surface area (TPSA) is 90.0 Å². The Hall–Kier alpha value is -3.07. The second-order valence-corrected chi connectivity index (χ2v) is 8.89. The van der Waals surface area contributed by atoms with Gasteiger partial charge in [-0.2, -0.15) is 0 Å². The Kier molecular flexibility index (Phi) is 6.64. The highest BCUT2D eigenvalue weighted by Gasteiger charge is 2.28. The van der Waals surface area contributed by atoms with E-state index >= 15 is 0 Å². The standard InChI is InChI=1S/C23H27N3O5S/c1-29-17-11-14(12-18(30-2)21(17)31-3)7-8-20(27)26-10-9-16-19(13-26)32-23(24-16)25-22(28)15-5-4-6-15/h7-8,11-12,15H,4-6,9-10,13H2,1-3H3,(H,24,25,28)/b8-7+. The van der Waals surface area contributed by atoms with Gasteiger partial charge in [-0.15, -0.1) is 0 Å². The quantitative estimate of drug-likeness (QED) is 0.640. The van der Waals surface area contributed by atoms with Gasteiger partial charge in [0, 0.05) is 29.8 Å². The van der Waals surface area contributed by atoms with E-state index in [1.807, 2.05) is 0 Å². The van der Waals surface area contributed by atoms with Gasteiger partial charge in [0.1, 0.15) is 0 Å². The summed E-state index contributed by atoms with van der Waals surface area (Å²) in [7, 11) is 4.66. The lowest BCUT2D eigenvalue weighted by Gasteiger charge is -2.24. The minimum Gasteiger partial charge on any atom is -0.493 e. The molecule has 1 N–H and O–H groups in total. The number of aromatic nitrogens is 1. The van der Waals surface area contributed by atoms with E-state index in [1.54, 1.807) is 50.5 Å². The predicted molar refractivity (Wildman–Crippen MR) is 122 cm³/mol. The molecular weight excluding hydrogens is 430 g/mol. The summed E-state index contributed by atoms with van der Waals surface area (Å²) in [6, 6.07) is 3.58. The van der Waals surface area contributed by atoms with Crippen molar-refractivity contribution in [3.63, 3.8) is 0 Å². The molecule has 0 spiro atoms. The van der Waals surface area contributed by atoms with Gasteiger partial charge in [-0.1, -0.05) is 17.8 Å². The molecule has 1 aromatic carbocycles. The fraction of sp³-hybridized carbons (Fsp3) is 0.435. The summed E-state index contributed by atoms with van der Waals surface area (Å²) in [4.78, 5) is 32.4. The maximum atomic E-state index is 12.8. The molecule has 170 valence electrons. The number of hydrogen-bond acceptors (Lipinski definition) is 7. The van der Waals surface area contributed by atoms with Crippen LogP contribution in [0, 0.1) is 5.92 Å². The molecule has 1 fully saturated rings. The van der Waals surface area contributed by atoms with E-state index < -0.39 is 0 Å². The number of thiazole rings is 1. The Balaban J connectivity index is 1.42. The third-order valence-corrected chi connectivity index (χ3v) is 6.85. The van der Waals surface area contributed by atoms with Crippen molar-refractivity contribution in [2.24, 2.45) is 5.92 Å². The number of carbonyl (C=O) groups is 2. The first-order valence-electron chi connectivity index (χ1n) is 10.6. The van der Waals surface area contributed by atoms with Crippen LogP contribution < -0.4 is 19.5 Å². The third kappa shape index (κ3) is 4.57. The summed E-state index contributed by atoms with van der Waals surface area (Å²) in [6.07, 6.45) is 6.99. The third-order valence-electron chi connectivity index (χ3n) is 5.85. The van der Waals surface area contributed by atoms with Crippen molar-refractivity contribution in [2.45, 2.75) is 32.2 Å². The number of ether oxygens (including phenoxy) is 3. The number of hydrogen-bond donors (Lipinski definition) is 1. The molecule has 1 aromatic heterocycles. The molecule has 0 bridgehead atoms. The van der Waals surface area contributed by atoms with E-state index in [0.717, 1.165) is 35.4 Å². The minimum atomic E-state index is -0.0853. The van der Waals surface area contributed by atoms with Crippen molar-refractivity contribution in [2.75, 3.05) is 33.2 Å². The molecule has 2 aromatic rings. The Morgan fingerprint density at radius 3 is 2.47 bits per heavy atom. The van der Waals surface area contributed by atoms with Gasteiger partial charge in [0.05, 0.1) is 33.6 Å². The largest absolute Gasteiger partial charge is 0.493 e. The van der Waals surface area contributed by atoms with E-state index in [4.69, 9.17) is 14.2 Å². The van der Waals surface area contributed by atoms with Gasteiger partial charge in [0.25, 0.3) is 0 Å².